The van der Waals surface area contributed by atoms with Crippen molar-refractivity contribution >= 4 is 5.91 Å². The number of nitrogens with one attached hydrogen (secondary N) is 2. The number of carbonyl (C=O) groups is 1. The fourth-order valence-electron chi connectivity index (χ4n) is 1.55. The van der Waals surface area contributed by atoms with Crippen LogP contribution in [0.1, 0.15) is 46.5 Å². The van der Waals surface area contributed by atoms with Crippen LogP contribution in [-0.4, -0.2) is 37.7 Å². The van der Waals surface area contributed by atoms with Gasteiger partial charge in [-0.2, -0.15) is 0 Å². The minimum Gasteiger partial charge on any atom is -0.381 e. The summed E-state index contributed by atoms with van der Waals surface area (Å²) in [6, 6.07) is 0. The van der Waals surface area contributed by atoms with Gasteiger partial charge < -0.3 is 15.4 Å². The largest absolute Gasteiger partial charge is 0.381 e. The highest BCUT2D eigenvalue weighted by Gasteiger charge is 2.20. The summed E-state index contributed by atoms with van der Waals surface area (Å²) in [5.41, 5.74) is -0.105. The van der Waals surface area contributed by atoms with E-state index < -0.39 is 0 Å². The first-order chi connectivity index (χ1) is 8.53. The minimum absolute atomic E-state index is 0.0701. The van der Waals surface area contributed by atoms with Gasteiger partial charge in [0, 0.05) is 18.8 Å². The number of amides is 1. The number of hydrogen-bond acceptors (Lipinski definition) is 3. The van der Waals surface area contributed by atoms with Gasteiger partial charge in [0.1, 0.15) is 0 Å². The van der Waals surface area contributed by atoms with Crippen LogP contribution in [0.4, 0.5) is 0 Å². The molecule has 0 atom stereocenters. The van der Waals surface area contributed by atoms with Crippen molar-refractivity contribution in [1.82, 2.24) is 10.6 Å². The van der Waals surface area contributed by atoms with Gasteiger partial charge in [0.2, 0.25) is 5.91 Å². The first-order valence-electron chi connectivity index (χ1n) is 7.13. The summed E-state index contributed by atoms with van der Waals surface area (Å²) in [5, 5.41) is 6.14. The van der Waals surface area contributed by atoms with Gasteiger partial charge in [-0.15, -0.1) is 0 Å². The van der Waals surface area contributed by atoms with Crippen molar-refractivity contribution in [1.29, 1.82) is 0 Å². The lowest BCUT2D eigenvalue weighted by atomic mass is 10.0. The maximum Gasteiger partial charge on any atom is 0.234 e. The van der Waals surface area contributed by atoms with Gasteiger partial charge in [-0.1, -0.05) is 6.92 Å². The van der Waals surface area contributed by atoms with Gasteiger partial charge in [0.25, 0.3) is 0 Å². The zero-order valence-corrected chi connectivity index (χ0v) is 12.1. The second-order valence-corrected chi connectivity index (χ2v) is 5.83. The van der Waals surface area contributed by atoms with Crippen molar-refractivity contribution < 1.29 is 9.53 Å². The third-order valence-corrected chi connectivity index (χ3v) is 3.34. The lowest BCUT2D eigenvalue weighted by Gasteiger charge is -2.24. The quantitative estimate of drug-likeness (QED) is 0.585. The predicted molar refractivity (Wildman–Crippen MR) is 73.5 cm³/mol. The molecule has 2 N–H and O–H groups in total. The van der Waals surface area contributed by atoms with Crippen LogP contribution in [0.25, 0.3) is 0 Å². The molecular weight excluding hydrogens is 228 g/mol. The van der Waals surface area contributed by atoms with Crippen LogP contribution in [-0.2, 0) is 9.53 Å². The van der Waals surface area contributed by atoms with Gasteiger partial charge in [-0.05, 0) is 52.0 Å². The molecule has 0 saturated heterocycles. The van der Waals surface area contributed by atoms with Gasteiger partial charge in [0.15, 0.2) is 0 Å². The van der Waals surface area contributed by atoms with Crippen molar-refractivity contribution in [3.63, 3.8) is 0 Å². The molecule has 18 heavy (non-hydrogen) atoms. The SMILES string of the molecule is CCC(C)(C)NC(=O)CNCCCOCC1CC1. The number of rotatable bonds is 10. The lowest BCUT2D eigenvalue weighted by Crippen LogP contribution is -2.46. The molecular formula is C14H28N2O2. The van der Waals surface area contributed by atoms with E-state index in [-0.39, 0.29) is 11.4 Å². The van der Waals surface area contributed by atoms with Crippen molar-refractivity contribution in [3.05, 3.63) is 0 Å². The molecule has 4 nitrogen and oxygen atoms in total. The molecule has 0 heterocycles. The molecule has 1 rings (SSSR count). The average Bonchev–Trinajstić information content (AvgIpc) is 3.11. The lowest BCUT2D eigenvalue weighted by molar-refractivity contribution is -0.121. The highest BCUT2D eigenvalue weighted by Crippen LogP contribution is 2.28. The summed E-state index contributed by atoms with van der Waals surface area (Å²) in [7, 11) is 0. The van der Waals surface area contributed by atoms with Gasteiger partial charge in [-0.3, -0.25) is 4.79 Å². The zero-order valence-electron chi connectivity index (χ0n) is 12.1. The minimum atomic E-state index is -0.105. The Bertz CT molecular complexity index is 250. The molecule has 1 amide bonds. The van der Waals surface area contributed by atoms with Crippen molar-refractivity contribution in [2.75, 3.05) is 26.3 Å². The Kier molecular flexibility index (Phi) is 6.65. The molecule has 106 valence electrons. The second-order valence-electron chi connectivity index (χ2n) is 5.83. The predicted octanol–water partition coefficient (Wildman–Crippen LogP) is 1.70. The number of carbonyl (C=O) groups excluding carboxylic acids is 1. The van der Waals surface area contributed by atoms with E-state index in [2.05, 4.69) is 17.6 Å². The van der Waals surface area contributed by atoms with Crippen molar-refractivity contribution in [3.8, 4) is 0 Å². The van der Waals surface area contributed by atoms with Crippen LogP contribution in [0.3, 0.4) is 0 Å². The highest BCUT2D eigenvalue weighted by atomic mass is 16.5. The Morgan fingerprint density at radius 1 is 1.39 bits per heavy atom. The van der Waals surface area contributed by atoms with Crippen molar-refractivity contribution in [2.24, 2.45) is 5.92 Å². The maximum atomic E-state index is 11.6. The summed E-state index contributed by atoms with van der Waals surface area (Å²) in [6.45, 7) is 9.10. The number of hydrogen-bond donors (Lipinski definition) is 2. The van der Waals surface area contributed by atoms with E-state index in [1.165, 1.54) is 12.8 Å². The maximum absolute atomic E-state index is 11.6. The topological polar surface area (TPSA) is 50.4 Å². The molecule has 1 fully saturated rings. The Morgan fingerprint density at radius 3 is 2.72 bits per heavy atom. The summed E-state index contributed by atoms with van der Waals surface area (Å²) in [5.74, 6) is 0.903. The first-order valence-corrected chi connectivity index (χ1v) is 7.13. The summed E-state index contributed by atoms with van der Waals surface area (Å²) >= 11 is 0. The Hall–Kier alpha value is -0.610. The van der Waals surface area contributed by atoms with Crippen LogP contribution in [0.5, 0.6) is 0 Å². The van der Waals surface area contributed by atoms with E-state index in [0.29, 0.717) is 6.54 Å². The van der Waals surface area contributed by atoms with E-state index in [9.17, 15) is 4.79 Å². The molecule has 0 spiro atoms. The third kappa shape index (κ3) is 7.67. The van der Waals surface area contributed by atoms with E-state index in [1.807, 2.05) is 13.8 Å². The van der Waals surface area contributed by atoms with Gasteiger partial charge >= 0.3 is 0 Å². The van der Waals surface area contributed by atoms with Crippen LogP contribution < -0.4 is 10.6 Å². The van der Waals surface area contributed by atoms with Crippen molar-refractivity contribution in [2.45, 2.75) is 52.0 Å². The summed E-state index contributed by atoms with van der Waals surface area (Å²) in [4.78, 5) is 11.6. The molecule has 0 unspecified atom stereocenters. The average molecular weight is 256 g/mol. The molecule has 0 aromatic carbocycles. The van der Waals surface area contributed by atoms with E-state index >= 15 is 0 Å². The molecule has 1 aliphatic rings. The number of ether oxygens (including phenoxy) is 1. The Labute approximate surface area is 111 Å². The first kappa shape index (κ1) is 15.4. The smallest absolute Gasteiger partial charge is 0.234 e. The fraction of sp³-hybridized carbons (Fsp3) is 0.929. The Balaban J connectivity index is 1.88. The molecule has 0 aromatic rings. The summed E-state index contributed by atoms with van der Waals surface area (Å²) < 4.78 is 5.52. The zero-order chi connectivity index (χ0) is 13.4. The van der Waals surface area contributed by atoms with Gasteiger partial charge in [-0.25, -0.2) is 0 Å². The standard InChI is InChI=1S/C14H28N2O2/c1-4-14(2,3)16-13(17)10-15-8-5-9-18-11-12-6-7-12/h12,15H,4-11H2,1-3H3,(H,16,17). The van der Waals surface area contributed by atoms with Crippen LogP contribution in [0.2, 0.25) is 0 Å². The Morgan fingerprint density at radius 2 is 2.11 bits per heavy atom. The normalized spacial score (nSPS) is 15.7. The molecule has 0 radical (unpaired) electrons. The molecule has 4 heteroatoms. The molecule has 1 saturated carbocycles. The third-order valence-electron chi connectivity index (χ3n) is 3.34. The van der Waals surface area contributed by atoms with Crippen LogP contribution in [0, 0.1) is 5.92 Å². The van der Waals surface area contributed by atoms with E-state index in [1.54, 1.807) is 0 Å². The molecule has 0 bridgehead atoms. The van der Waals surface area contributed by atoms with Crippen LogP contribution in [0.15, 0.2) is 0 Å². The molecule has 0 aliphatic heterocycles. The van der Waals surface area contributed by atoms with Gasteiger partial charge in [0.05, 0.1) is 6.54 Å². The monoisotopic (exact) mass is 256 g/mol. The van der Waals surface area contributed by atoms with E-state index in [4.69, 9.17) is 4.74 Å². The second kappa shape index (κ2) is 7.74. The fourth-order valence-corrected chi connectivity index (χ4v) is 1.55. The molecule has 1 aliphatic carbocycles. The van der Waals surface area contributed by atoms with Crippen LogP contribution >= 0.6 is 0 Å². The van der Waals surface area contributed by atoms with E-state index in [0.717, 1.165) is 38.5 Å². The highest BCUT2D eigenvalue weighted by molar-refractivity contribution is 5.78. The molecule has 0 aromatic heterocycles. The summed E-state index contributed by atoms with van der Waals surface area (Å²) in [6.07, 6.45) is 4.59.